The van der Waals surface area contributed by atoms with Crippen LogP contribution in [0.4, 0.5) is 0 Å². The fourth-order valence-corrected chi connectivity index (χ4v) is 5.38. The summed E-state index contributed by atoms with van der Waals surface area (Å²) < 4.78 is 3.40. The molecule has 1 atom stereocenters. The lowest BCUT2D eigenvalue weighted by Gasteiger charge is -2.17. The number of pyridine rings is 1. The summed E-state index contributed by atoms with van der Waals surface area (Å²) in [5.74, 6) is 0.765. The summed E-state index contributed by atoms with van der Waals surface area (Å²) in [6.07, 6.45) is 4.29. The summed E-state index contributed by atoms with van der Waals surface area (Å²) in [4.78, 5) is 31.4. The number of nitrogens with two attached hydrogens (primary N) is 1. The summed E-state index contributed by atoms with van der Waals surface area (Å²) >= 11 is 0. The lowest BCUT2D eigenvalue weighted by Crippen LogP contribution is -2.35. The maximum absolute atomic E-state index is 14.0. The molecule has 3 N–H and O–H groups in total. The van der Waals surface area contributed by atoms with Gasteiger partial charge >= 0.3 is 0 Å². The third kappa shape index (κ3) is 5.10. The number of imidazole rings is 1. The fraction of sp³-hybridized carbons (Fsp3) is 0.188. The Hall–Kier alpha value is -5.38. The molecule has 10 heteroatoms. The van der Waals surface area contributed by atoms with Crippen LogP contribution >= 0.6 is 0 Å². The van der Waals surface area contributed by atoms with Crippen LogP contribution in [0.25, 0.3) is 33.5 Å². The Morgan fingerprint density at radius 3 is 2.38 bits per heavy atom. The number of benzene rings is 3. The molecule has 210 valence electrons. The number of amides is 1. The van der Waals surface area contributed by atoms with Gasteiger partial charge < -0.3 is 10.3 Å². The summed E-state index contributed by atoms with van der Waals surface area (Å²) in [5, 5.41) is 14.5. The lowest BCUT2D eigenvalue weighted by atomic mass is 9.98. The summed E-state index contributed by atoms with van der Waals surface area (Å²) in [5.41, 5.74) is 11.1. The molecule has 6 rings (SSSR count). The van der Waals surface area contributed by atoms with Gasteiger partial charge in [0.2, 0.25) is 11.7 Å². The molecule has 3 aromatic heterocycles. The lowest BCUT2D eigenvalue weighted by molar-refractivity contribution is -0.120. The maximum atomic E-state index is 14.0. The van der Waals surface area contributed by atoms with Crippen LogP contribution in [0.3, 0.4) is 0 Å². The zero-order valence-electron chi connectivity index (χ0n) is 23.1. The van der Waals surface area contributed by atoms with E-state index in [-0.39, 0.29) is 5.56 Å². The van der Waals surface area contributed by atoms with Crippen LogP contribution in [0.1, 0.15) is 42.8 Å². The third-order valence-corrected chi connectivity index (χ3v) is 7.44. The number of H-pyrrole nitrogens is 1. The minimum absolute atomic E-state index is 0.305. The number of unbranched alkanes of at least 4 members (excludes halogenated alkanes) is 1. The zero-order chi connectivity index (χ0) is 29.1. The highest BCUT2D eigenvalue weighted by molar-refractivity contribution is 5.83. The smallest absolute Gasteiger partial charge is 0.277 e. The van der Waals surface area contributed by atoms with Crippen molar-refractivity contribution in [1.82, 2.24) is 34.7 Å². The second-order valence-corrected chi connectivity index (χ2v) is 10.2. The number of primary amides is 1. The Morgan fingerprint density at radius 1 is 0.952 bits per heavy atom. The number of nitrogens with zero attached hydrogens (tertiary/aromatic N) is 6. The number of carbonyl (C=O) groups is 1. The molecular formula is C32H30N8O2. The minimum Gasteiger partial charge on any atom is -0.368 e. The van der Waals surface area contributed by atoms with Crippen molar-refractivity contribution in [3.63, 3.8) is 0 Å². The first-order valence-corrected chi connectivity index (χ1v) is 13.9. The van der Waals surface area contributed by atoms with E-state index in [2.05, 4.69) is 51.8 Å². The van der Waals surface area contributed by atoms with Gasteiger partial charge in [0.25, 0.3) is 5.56 Å². The summed E-state index contributed by atoms with van der Waals surface area (Å²) in [6.45, 7) is 2.58. The predicted molar refractivity (Wildman–Crippen MR) is 161 cm³/mol. The average Bonchev–Trinajstić information content (AvgIpc) is 3.67. The number of aromatic amines is 1. The van der Waals surface area contributed by atoms with Crippen molar-refractivity contribution in [2.45, 2.75) is 38.8 Å². The normalized spacial score (nSPS) is 12.0. The largest absolute Gasteiger partial charge is 0.368 e. The van der Waals surface area contributed by atoms with Gasteiger partial charge in [-0.25, -0.2) is 4.98 Å². The average molecular weight is 559 g/mol. The maximum Gasteiger partial charge on any atom is 0.277 e. The van der Waals surface area contributed by atoms with Gasteiger partial charge in [0.15, 0.2) is 0 Å². The molecule has 0 saturated carbocycles. The number of aromatic nitrogens is 7. The van der Waals surface area contributed by atoms with E-state index < -0.39 is 11.9 Å². The fourth-order valence-electron chi connectivity index (χ4n) is 5.38. The van der Waals surface area contributed by atoms with E-state index in [1.807, 2.05) is 47.0 Å². The van der Waals surface area contributed by atoms with Gasteiger partial charge in [-0.2, -0.15) is 5.21 Å². The molecule has 42 heavy (non-hydrogen) atoms. The van der Waals surface area contributed by atoms with Gasteiger partial charge in [-0.1, -0.05) is 92.2 Å². The molecule has 0 bridgehead atoms. The van der Waals surface area contributed by atoms with Gasteiger partial charge in [-0.3, -0.25) is 14.2 Å². The van der Waals surface area contributed by atoms with Crippen LogP contribution in [0.2, 0.25) is 0 Å². The van der Waals surface area contributed by atoms with Gasteiger partial charge in [0.1, 0.15) is 17.4 Å². The number of nitrogens with one attached hydrogen (secondary N) is 1. The minimum atomic E-state index is -0.927. The summed E-state index contributed by atoms with van der Waals surface area (Å²) in [6, 6.07) is 26.1. The van der Waals surface area contributed by atoms with E-state index in [0.29, 0.717) is 29.0 Å². The highest BCUT2D eigenvalue weighted by Crippen LogP contribution is 2.30. The van der Waals surface area contributed by atoms with E-state index in [4.69, 9.17) is 10.7 Å². The third-order valence-electron chi connectivity index (χ3n) is 7.44. The first-order chi connectivity index (χ1) is 20.5. The molecular weight excluding hydrogens is 528 g/mol. The van der Waals surface area contributed by atoms with Crippen molar-refractivity contribution in [1.29, 1.82) is 0 Å². The molecule has 0 spiro atoms. The van der Waals surface area contributed by atoms with E-state index in [1.54, 1.807) is 24.4 Å². The second-order valence-electron chi connectivity index (χ2n) is 10.2. The van der Waals surface area contributed by atoms with Gasteiger partial charge in [0.05, 0.1) is 5.52 Å². The Bertz CT molecular complexity index is 1890. The molecule has 0 aliphatic rings. The Morgan fingerprint density at radius 2 is 1.69 bits per heavy atom. The second kappa shape index (κ2) is 11.6. The van der Waals surface area contributed by atoms with Crippen LogP contribution in [-0.4, -0.2) is 40.6 Å². The predicted octanol–water partition coefficient (Wildman–Crippen LogP) is 4.51. The van der Waals surface area contributed by atoms with Crippen molar-refractivity contribution in [3.8, 4) is 22.5 Å². The number of hydrogen-bond donors (Lipinski definition) is 2. The first-order valence-electron chi connectivity index (χ1n) is 13.9. The molecule has 1 unspecified atom stereocenters. The van der Waals surface area contributed by atoms with Gasteiger partial charge in [0, 0.05) is 24.7 Å². The SMILES string of the molecule is CCCCc1nc2ccn(C(C(N)=O)c3ccccc3)c(=O)c2n1Cc1ccc(-c2ccccc2-c2nn[nH]n2)cc1. The van der Waals surface area contributed by atoms with Gasteiger partial charge in [-0.05, 0) is 40.0 Å². The summed E-state index contributed by atoms with van der Waals surface area (Å²) in [7, 11) is 0. The molecule has 0 aliphatic heterocycles. The van der Waals surface area contributed by atoms with E-state index in [1.165, 1.54) is 4.57 Å². The standard InChI is InChI=1S/C32H30N8O2/c1-2-3-13-27-34-26-18-19-39(28(30(33)41)23-9-5-4-6-10-23)32(42)29(26)40(27)20-21-14-16-22(17-15-21)24-11-7-8-12-25(24)31-35-37-38-36-31/h4-12,14-19,28H,2-3,13,20H2,1H3,(H2,33,41)(H,35,36,37,38). The highest BCUT2D eigenvalue weighted by Gasteiger charge is 2.24. The van der Waals surface area contributed by atoms with Crippen LogP contribution < -0.4 is 11.3 Å². The molecule has 0 radical (unpaired) electrons. The number of rotatable bonds is 10. The molecule has 3 heterocycles. The molecule has 0 fully saturated rings. The number of aryl methyl sites for hydroxylation is 1. The van der Waals surface area contributed by atoms with Crippen molar-refractivity contribution < 1.29 is 4.79 Å². The van der Waals surface area contributed by atoms with Crippen LogP contribution in [0.15, 0.2) is 95.9 Å². The molecule has 6 aromatic rings. The van der Waals surface area contributed by atoms with Crippen molar-refractivity contribution in [3.05, 3.63) is 118 Å². The van der Waals surface area contributed by atoms with Crippen LogP contribution in [-0.2, 0) is 17.8 Å². The first kappa shape index (κ1) is 26.8. The van der Waals surface area contributed by atoms with Crippen molar-refractivity contribution in [2.24, 2.45) is 5.73 Å². The zero-order valence-corrected chi connectivity index (χ0v) is 23.1. The number of hydrogen-bond acceptors (Lipinski definition) is 6. The number of fused-ring (bicyclic) bond motifs is 1. The molecule has 3 aromatic carbocycles. The molecule has 10 nitrogen and oxygen atoms in total. The Balaban J connectivity index is 1.40. The molecule has 0 saturated heterocycles. The van der Waals surface area contributed by atoms with E-state index >= 15 is 0 Å². The highest BCUT2D eigenvalue weighted by atomic mass is 16.2. The van der Waals surface area contributed by atoms with E-state index in [0.717, 1.165) is 47.3 Å². The van der Waals surface area contributed by atoms with Crippen LogP contribution in [0.5, 0.6) is 0 Å². The molecule has 0 aliphatic carbocycles. The van der Waals surface area contributed by atoms with Crippen molar-refractivity contribution in [2.75, 3.05) is 0 Å². The monoisotopic (exact) mass is 558 g/mol. The number of carbonyl (C=O) groups excluding carboxylic acids is 1. The topological polar surface area (TPSA) is 137 Å². The quantitative estimate of drug-likeness (QED) is 0.254. The van der Waals surface area contributed by atoms with Crippen molar-refractivity contribution >= 4 is 16.9 Å². The van der Waals surface area contributed by atoms with Crippen LogP contribution in [0, 0.1) is 0 Å². The molecule has 1 amide bonds. The van der Waals surface area contributed by atoms with E-state index in [9.17, 15) is 9.59 Å². The van der Waals surface area contributed by atoms with Gasteiger partial charge in [-0.15, -0.1) is 10.2 Å². The Kier molecular flexibility index (Phi) is 7.42. The Labute approximate surface area is 241 Å². The number of tetrazole rings is 1.